The van der Waals surface area contributed by atoms with Crippen LogP contribution in [0.3, 0.4) is 0 Å². The number of hydrogen-bond acceptors (Lipinski definition) is 5. The fraction of sp³-hybridized carbons (Fsp3) is 0.562. The van der Waals surface area contributed by atoms with E-state index in [2.05, 4.69) is 4.90 Å². The topological polar surface area (TPSA) is 84.8 Å². The summed E-state index contributed by atoms with van der Waals surface area (Å²) in [5, 5.41) is 0. The van der Waals surface area contributed by atoms with Gasteiger partial charge in [0.05, 0.1) is 17.1 Å². The van der Waals surface area contributed by atoms with Gasteiger partial charge in [0.2, 0.25) is 0 Å². The number of para-hydroxylation sites is 1. The highest BCUT2D eigenvalue weighted by Gasteiger charge is 2.31. The van der Waals surface area contributed by atoms with Crippen LogP contribution >= 0.6 is 0 Å². The molecule has 4 N–H and O–H groups in total. The number of carbonyl (C=O) groups excluding carboxylic acids is 1. The van der Waals surface area contributed by atoms with Gasteiger partial charge in [0.15, 0.2) is 0 Å². The monoisotopic (exact) mass is 306 g/mol. The molecule has 0 saturated carbocycles. The van der Waals surface area contributed by atoms with Crippen molar-refractivity contribution in [3.05, 3.63) is 18.2 Å². The van der Waals surface area contributed by atoms with Crippen molar-refractivity contribution in [1.82, 2.24) is 4.90 Å². The summed E-state index contributed by atoms with van der Waals surface area (Å²) in [7, 11) is 0. The largest absolute Gasteiger partial charge is 0.444 e. The first-order chi connectivity index (χ1) is 10.2. The molecule has 0 spiro atoms. The normalized spacial score (nSPS) is 19.2. The number of rotatable bonds is 1. The molecule has 1 saturated heterocycles. The first kappa shape index (κ1) is 16.3. The lowest BCUT2D eigenvalue weighted by molar-refractivity contribution is 0.0159. The third kappa shape index (κ3) is 3.55. The molecule has 1 heterocycles. The first-order valence-corrected chi connectivity index (χ1v) is 7.57. The Morgan fingerprint density at radius 3 is 2.55 bits per heavy atom. The molecule has 1 aliphatic rings. The van der Waals surface area contributed by atoms with E-state index in [1.165, 1.54) is 0 Å². The van der Waals surface area contributed by atoms with Gasteiger partial charge in [-0.15, -0.1) is 0 Å². The van der Waals surface area contributed by atoms with Crippen LogP contribution in [0.4, 0.5) is 21.9 Å². The highest BCUT2D eigenvalue weighted by molar-refractivity contribution is 5.80. The second-order valence-corrected chi connectivity index (χ2v) is 6.75. The van der Waals surface area contributed by atoms with Crippen molar-refractivity contribution >= 4 is 23.2 Å². The van der Waals surface area contributed by atoms with Gasteiger partial charge in [0.1, 0.15) is 5.60 Å². The molecule has 1 aliphatic heterocycles. The lowest BCUT2D eigenvalue weighted by Crippen LogP contribution is -2.55. The van der Waals surface area contributed by atoms with Crippen LogP contribution in [0.1, 0.15) is 27.7 Å². The summed E-state index contributed by atoms with van der Waals surface area (Å²) in [5.74, 6) is 0. The van der Waals surface area contributed by atoms with E-state index in [1.807, 2.05) is 39.8 Å². The number of hydrogen-bond donors (Lipinski definition) is 2. The number of carbonyl (C=O) groups is 1. The van der Waals surface area contributed by atoms with Crippen molar-refractivity contribution in [3.8, 4) is 0 Å². The molecule has 0 radical (unpaired) electrons. The van der Waals surface area contributed by atoms with Crippen molar-refractivity contribution in [3.63, 3.8) is 0 Å². The summed E-state index contributed by atoms with van der Waals surface area (Å²) in [5.41, 5.74) is 13.6. The minimum absolute atomic E-state index is 0.0458. The predicted octanol–water partition coefficient (Wildman–Crippen LogP) is 2.30. The quantitative estimate of drug-likeness (QED) is 0.778. The Kier molecular flexibility index (Phi) is 4.39. The summed E-state index contributed by atoms with van der Waals surface area (Å²) in [6, 6.07) is 5.69. The summed E-state index contributed by atoms with van der Waals surface area (Å²) >= 11 is 0. The van der Waals surface area contributed by atoms with Gasteiger partial charge < -0.3 is 26.0 Å². The Morgan fingerprint density at radius 1 is 1.27 bits per heavy atom. The van der Waals surface area contributed by atoms with Gasteiger partial charge in [-0.1, -0.05) is 6.07 Å². The average Bonchev–Trinajstić information content (AvgIpc) is 2.39. The number of anilines is 3. The van der Waals surface area contributed by atoms with Gasteiger partial charge in [-0.2, -0.15) is 0 Å². The van der Waals surface area contributed by atoms with Crippen LogP contribution in [0.15, 0.2) is 18.2 Å². The molecule has 1 fully saturated rings. The minimum Gasteiger partial charge on any atom is -0.444 e. The number of nitrogens with two attached hydrogens (primary N) is 2. The van der Waals surface area contributed by atoms with Crippen molar-refractivity contribution in [2.24, 2.45) is 0 Å². The molecule has 1 amide bonds. The maximum absolute atomic E-state index is 12.2. The molecular weight excluding hydrogens is 280 g/mol. The minimum atomic E-state index is -0.480. The van der Waals surface area contributed by atoms with Crippen LogP contribution in [0.2, 0.25) is 0 Å². The van der Waals surface area contributed by atoms with Crippen molar-refractivity contribution < 1.29 is 9.53 Å². The Hall–Kier alpha value is -2.11. The highest BCUT2D eigenvalue weighted by atomic mass is 16.6. The van der Waals surface area contributed by atoms with Crippen LogP contribution < -0.4 is 16.4 Å². The number of ether oxygens (including phenoxy) is 1. The van der Waals surface area contributed by atoms with E-state index in [9.17, 15) is 4.79 Å². The zero-order chi connectivity index (χ0) is 16.5. The smallest absolute Gasteiger partial charge is 0.410 e. The Morgan fingerprint density at radius 2 is 1.95 bits per heavy atom. The van der Waals surface area contributed by atoms with E-state index in [1.54, 1.807) is 11.0 Å². The van der Waals surface area contributed by atoms with Crippen LogP contribution in [0.25, 0.3) is 0 Å². The Balaban J connectivity index is 2.07. The SMILES string of the molecule is C[C@@H]1CN(c2cccc(N)c2N)CCN1C(=O)OC(C)(C)C. The molecule has 6 heteroatoms. The standard InChI is InChI=1S/C16H26N4O2/c1-11-10-19(13-7-5-6-12(17)14(13)18)8-9-20(11)15(21)22-16(2,3)4/h5-7,11H,8-10,17-18H2,1-4H3/t11-/m1/s1. The summed E-state index contributed by atoms with van der Waals surface area (Å²) < 4.78 is 5.46. The molecule has 0 unspecified atom stereocenters. The molecular formula is C16H26N4O2. The molecule has 122 valence electrons. The zero-order valence-corrected chi connectivity index (χ0v) is 13.8. The van der Waals surface area contributed by atoms with Crippen LogP contribution in [0.5, 0.6) is 0 Å². The summed E-state index contributed by atoms with van der Waals surface area (Å²) in [4.78, 5) is 16.2. The number of piperazine rings is 1. The predicted molar refractivity (Wildman–Crippen MR) is 89.9 cm³/mol. The average molecular weight is 306 g/mol. The number of benzene rings is 1. The number of nitrogen functional groups attached to an aromatic ring is 2. The second-order valence-electron chi connectivity index (χ2n) is 6.75. The molecule has 1 aromatic rings. The Labute approximate surface area is 132 Å². The van der Waals surface area contributed by atoms with E-state index < -0.39 is 5.60 Å². The van der Waals surface area contributed by atoms with Crippen LogP contribution in [-0.4, -0.2) is 42.3 Å². The molecule has 2 rings (SSSR count). The maximum Gasteiger partial charge on any atom is 0.410 e. The lowest BCUT2D eigenvalue weighted by Gasteiger charge is -2.41. The Bertz CT molecular complexity index is 554. The van der Waals surface area contributed by atoms with Gasteiger partial charge in [-0.3, -0.25) is 0 Å². The number of nitrogens with zero attached hydrogens (tertiary/aromatic N) is 2. The van der Waals surface area contributed by atoms with E-state index in [0.717, 1.165) is 5.69 Å². The molecule has 6 nitrogen and oxygen atoms in total. The van der Waals surface area contributed by atoms with Crippen molar-refractivity contribution in [1.29, 1.82) is 0 Å². The van der Waals surface area contributed by atoms with Crippen molar-refractivity contribution in [2.75, 3.05) is 36.0 Å². The number of amides is 1. The molecule has 1 atom stereocenters. The van der Waals surface area contributed by atoms with E-state index in [4.69, 9.17) is 16.2 Å². The second kappa shape index (κ2) is 5.94. The van der Waals surface area contributed by atoms with Crippen molar-refractivity contribution in [2.45, 2.75) is 39.3 Å². The van der Waals surface area contributed by atoms with E-state index in [0.29, 0.717) is 31.0 Å². The fourth-order valence-corrected chi connectivity index (χ4v) is 2.61. The van der Waals surface area contributed by atoms with Crippen LogP contribution in [0, 0.1) is 0 Å². The third-order valence-corrected chi connectivity index (χ3v) is 3.71. The molecule has 0 bridgehead atoms. The summed E-state index contributed by atoms with van der Waals surface area (Å²) in [6.07, 6.45) is -0.264. The van der Waals surface area contributed by atoms with E-state index >= 15 is 0 Å². The van der Waals surface area contributed by atoms with Gasteiger partial charge in [0.25, 0.3) is 0 Å². The molecule has 1 aromatic carbocycles. The molecule has 0 aliphatic carbocycles. The maximum atomic E-state index is 12.2. The molecule has 0 aromatic heterocycles. The zero-order valence-electron chi connectivity index (χ0n) is 13.8. The van der Waals surface area contributed by atoms with Gasteiger partial charge in [-0.25, -0.2) is 4.79 Å². The lowest BCUT2D eigenvalue weighted by atomic mass is 10.1. The van der Waals surface area contributed by atoms with Crippen LogP contribution in [-0.2, 0) is 4.74 Å². The van der Waals surface area contributed by atoms with Gasteiger partial charge in [-0.05, 0) is 39.8 Å². The third-order valence-electron chi connectivity index (χ3n) is 3.71. The van der Waals surface area contributed by atoms with E-state index in [-0.39, 0.29) is 12.1 Å². The highest BCUT2D eigenvalue weighted by Crippen LogP contribution is 2.30. The van der Waals surface area contributed by atoms with Gasteiger partial charge >= 0.3 is 6.09 Å². The molecule has 22 heavy (non-hydrogen) atoms. The first-order valence-electron chi connectivity index (χ1n) is 7.57. The summed E-state index contributed by atoms with van der Waals surface area (Å²) in [6.45, 7) is 9.64. The van der Waals surface area contributed by atoms with Gasteiger partial charge in [0, 0.05) is 25.7 Å². The fourth-order valence-electron chi connectivity index (χ4n) is 2.61.